The Balaban J connectivity index is 2.53. The van der Waals surface area contributed by atoms with Gasteiger partial charge in [0, 0.05) is 28.2 Å². The first kappa shape index (κ1) is 14.1. The van der Waals surface area contributed by atoms with Gasteiger partial charge in [0.1, 0.15) is 0 Å². The summed E-state index contributed by atoms with van der Waals surface area (Å²) in [4.78, 5) is 10.9. The van der Waals surface area contributed by atoms with Crippen LogP contribution in [0.25, 0.3) is 0 Å². The molecule has 0 fully saturated rings. The quantitative estimate of drug-likeness (QED) is 0.597. The van der Waals surface area contributed by atoms with Crippen LogP contribution in [0.15, 0.2) is 35.3 Å². The number of hydrogen-bond acceptors (Lipinski definition) is 3. The number of halogens is 1. The summed E-state index contributed by atoms with van der Waals surface area (Å²) in [6.45, 7) is 4.45. The van der Waals surface area contributed by atoms with Crippen LogP contribution >= 0.6 is 27.7 Å². The van der Waals surface area contributed by atoms with E-state index in [0.29, 0.717) is 0 Å². The largest absolute Gasteiger partial charge is 0.478 e. The van der Waals surface area contributed by atoms with Crippen LogP contribution in [0.3, 0.4) is 0 Å². The van der Waals surface area contributed by atoms with Crippen molar-refractivity contribution in [2.75, 3.05) is 23.4 Å². The van der Waals surface area contributed by atoms with E-state index in [-0.39, 0.29) is 5.56 Å². The van der Waals surface area contributed by atoms with Crippen molar-refractivity contribution in [1.29, 1.82) is 0 Å². The van der Waals surface area contributed by atoms with Crippen molar-refractivity contribution in [3.8, 4) is 0 Å². The normalized spacial score (nSPS) is 9.94. The Kier molecular flexibility index (Phi) is 6.15. The molecule has 17 heavy (non-hydrogen) atoms. The molecule has 2 N–H and O–H groups in total. The minimum atomic E-state index is -0.921. The van der Waals surface area contributed by atoms with Crippen molar-refractivity contribution in [3.05, 3.63) is 40.9 Å². The van der Waals surface area contributed by atoms with Gasteiger partial charge in [-0.25, -0.2) is 4.79 Å². The monoisotopic (exact) mass is 315 g/mol. The summed E-state index contributed by atoms with van der Waals surface area (Å²) < 4.78 is 0.763. The fourth-order valence-electron chi connectivity index (χ4n) is 1.25. The fourth-order valence-corrected chi connectivity index (χ4v) is 2.32. The van der Waals surface area contributed by atoms with Gasteiger partial charge < -0.3 is 10.4 Å². The molecule has 0 spiro atoms. The Morgan fingerprint density at radius 3 is 2.94 bits per heavy atom. The third kappa shape index (κ3) is 5.28. The van der Waals surface area contributed by atoms with E-state index in [0.717, 1.165) is 28.2 Å². The summed E-state index contributed by atoms with van der Waals surface area (Å²) in [6, 6.07) is 5.08. The van der Waals surface area contributed by atoms with Gasteiger partial charge in [0.15, 0.2) is 0 Å². The Morgan fingerprint density at radius 2 is 2.29 bits per heavy atom. The molecule has 0 saturated carbocycles. The number of aromatic carboxylic acids is 1. The first-order valence-corrected chi connectivity index (χ1v) is 7.04. The maximum absolute atomic E-state index is 10.9. The average Bonchev–Trinajstić information content (AvgIpc) is 2.28. The van der Waals surface area contributed by atoms with E-state index < -0.39 is 5.97 Å². The lowest BCUT2D eigenvalue weighted by Crippen LogP contribution is -2.06. The zero-order chi connectivity index (χ0) is 12.7. The molecule has 0 radical (unpaired) electrons. The highest BCUT2D eigenvalue weighted by molar-refractivity contribution is 9.10. The minimum absolute atomic E-state index is 0.278. The van der Waals surface area contributed by atoms with E-state index in [1.807, 2.05) is 12.1 Å². The third-order valence-electron chi connectivity index (χ3n) is 1.96. The molecule has 0 saturated heterocycles. The van der Waals surface area contributed by atoms with E-state index in [1.54, 1.807) is 23.9 Å². The van der Waals surface area contributed by atoms with Crippen molar-refractivity contribution in [1.82, 2.24) is 0 Å². The van der Waals surface area contributed by atoms with Gasteiger partial charge in [0.05, 0.1) is 5.56 Å². The molecular formula is C12H14BrNO2S. The van der Waals surface area contributed by atoms with E-state index in [9.17, 15) is 4.79 Å². The minimum Gasteiger partial charge on any atom is -0.478 e. The highest BCUT2D eigenvalue weighted by Crippen LogP contribution is 2.19. The summed E-state index contributed by atoms with van der Waals surface area (Å²) in [5.74, 6) is 0.969. The van der Waals surface area contributed by atoms with E-state index in [4.69, 9.17) is 5.11 Å². The molecule has 0 unspecified atom stereocenters. The number of thioether (sulfide) groups is 1. The molecule has 0 atom stereocenters. The molecule has 5 heteroatoms. The summed E-state index contributed by atoms with van der Waals surface area (Å²) in [6.07, 6.45) is 1.87. The van der Waals surface area contributed by atoms with Crippen LogP contribution < -0.4 is 5.32 Å². The number of anilines is 1. The number of rotatable bonds is 7. The molecule has 1 rings (SSSR count). The van der Waals surface area contributed by atoms with Crippen LogP contribution in [0, 0.1) is 0 Å². The van der Waals surface area contributed by atoms with Crippen LogP contribution in [-0.2, 0) is 0 Å². The maximum atomic E-state index is 10.9. The lowest BCUT2D eigenvalue weighted by atomic mass is 10.2. The Hall–Kier alpha value is -0.940. The van der Waals surface area contributed by atoms with Crippen LogP contribution in [0.4, 0.5) is 5.69 Å². The Labute approximate surface area is 113 Å². The predicted octanol–water partition coefficient (Wildman–Crippen LogP) is 3.48. The first-order chi connectivity index (χ1) is 8.13. The molecule has 1 aromatic rings. The third-order valence-corrected chi connectivity index (χ3v) is 3.38. The second-order valence-corrected chi connectivity index (χ2v) is 5.39. The molecule has 1 aromatic carbocycles. The van der Waals surface area contributed by atoms with E-state index in [1.165, 1.54) is 0 Å². The Bertz CT molecular complexity index is 409. The van der Waals surface area contributed by atoms with Crippen LogP contribution in [0.2, 0.25) is 0 Å². The van der Waals surface area contributed by atoms with Gasteiger partial charge in [-0.3, -0.25) is 0 Å². The standard InChI is InChI=1S/C12H14BrNO2S/c1-2-4-17-5-3-14-11-7-9(12(15)16)6-10(13)8-11/h2,6-8,14H,1,3-5H2,(H,15,16). The lowest BCUT2D eigenvalue weighted by Gasteiger charge is -2.07. The summed E-state index contributed by atoms with van der Waals surface area (Å²) in [7, 11) is 0. The zero-order valence-electron chi connectivity index (χ0n) is 9.28. The van der Waals surface area contributed by atoms with Gasteiger partial charge in [0.25, 0.3) is 0 Å². The number of nitrogens with one attached hydrogen (secondary N) is 1. The summed E-state index contributed by atoms with van der Waals surface area (Å²) >= 11 is 5.07. The molecule has 0 bridgehead atoms. The van der Waals surface area contributed by atoms with Crippen molar-refractivity contribution in [3.63, 3.8) is 0 Å². The van der Waals surface area contributed by atoms with Crippen molar-refractivity contribution >= 4 is 39.3 Å². The molecule has 0 aliphatic rings. The van der Waals surface area contributed by atoms with Gasteiger partial charge in [-0.2, -0.15) is 11.8 Å². The van der Waals surface area contributed by atoms with Gasteiger partial charge in [-0.05, 0) is 18.2 Å². The van der Waals surface area contributed by atoms with Crippen molar-refractivity contribution < 1.29 is 9.90 Å². The van der Waals surface area contributed by atoms with E-state index >= 15 is 0 Å². The topological polar surface area (TPSA) is 49.3 Å². The molecule has 3 nitrogen and oxygen atoms in total. The second kappa shape index (κ2) is 7.40. The van der Waals surface area contributed by atoms with Crippen molar-refractivity contribution in [2.24, 2.45) is 0 Å². The number of carbonyl (C=O) groups is 1. The number of benzene rings is 1. The van der Waals surface area contributed by atoms with Crippen LogP contribution in [-0.4, -0.2) is 29.1 Å². The average molecular weight is 316 g/mol. The maximum Gasteiger partial charge on any atom is 0.335 e. The fraction of sp³-hybridized carbons (Fsp3) is 0.250. The number of hydrogen-bond donors (Lipinski definition) is 2. The first-order valence-electron chi connectivity index (χ1n) is 5.10. The van der Waals surface area contributed by atoms with Crippen LogP contribution in [0.1, 0.15) is 10.4 Å². The van der Waals surface area contributed by atoms with E-state index in [2.05, 4.69) is 27.8 Å². The molecule has 0 aliphatic carbocycles. The molecule has 0 aromatic heterocycles. The van der Waals surface area contributed by atoms with Gasteiger partial charge >= 0.3 is 5.97 Å². The predicted molar refractivity (Wildman–Crippen MR) is 77.1 cm³/mol. The SMILES string of the molecule is C=CCSCCNc1cc(Br)cc(C(=O)O)c1. The molecule has 92 valence electrons. The van der Waals surface area contributed by atoms with Gasteiger partial charge in [0.2, 0.25) is 0 Å². The molecule has 0 aliphatic heterocycles. The molecule has 0 heterocycles. The zero-order valence-corrected chi connectivity index (χ0v) is 11.7. The molecular weight excluding hydrogens is 302 g/mol. The highest BCUT2D eigenvalue weighted by Gasteiger charge is 2.05. The molecule has 0 amide bonds. The highest BCUT2D eigenvalue weighted by atomic mass is 79.9. The summed E-state index contributed by atoms with van der Waals surface area (Å²) in [5.41, 5.74) is 1.09. The smallest absolute Gasteiger partial charge is 0.335 e. The Morgan fingerprint density at radius 1 is 1.53 bits per heavy atom. The summed E-state index contributed by atoms with van der Waals surface area (Å²) in [5, 5.41) is 12.1. The second-order valence-electron chi connectivity index (χ2n) is 3.32. The van der Waals surface area contributed by atoms with Gasteiger partial charge in [-0.1, -0.05) is 22.0 Å². The van der Waals surface area contributed by atoms with Crippen molar-refractivity contribution in [2.45, 2.75) is 0 Å². The number of carboxylic acid groups (broad SMARTS) is 1. The van der Waals surface area contributed by atoms with Gasteiger partial charge in [-0.15, -0.1) is 6.58 Å². The van der Waals surface area contributed by atoms with Crippen LogP contribution in [0.5, 0.6) is 0 Å². The lowest BCUT2D eigenvalue weighted by molar-refractivity contribution is 0.0697. The number of carboxylic acids is 1.